The molecule has 1 aromatic carbocycles. The van der Waals surface area contributed by atoms with Crippen molar-refractivity contribution in [3.8, 4) is 0 Å². The van der Waals surface area contributed by atoms with E-state index >= 15 is 0 Å². The molecule has 0 aromatic heterocycles. The summed E-state index contributed by atoms with van der Waals surface area (Å²) in [6, 6.07) is 5.62. The number of benzene rings is 1. The first kappa shape index (κ1) is 20.3. The van der Waals surface area contributed by atoms with Crippen LogP contribution in [0.2, 0.25) is 0 Å². The van der Waals surface area contributed by atoms with Gasteiger partial charge in [-0.2, -0.15) is 13.2 Å². The van der Waals surface area contributed by atoms with Crippen molar-refractivity contribution in [3.05, 3.63) is 41.5 Å². The summed E-state index contributed by atoms with van der Waals surface area (Å²) in [5.74, 6) is -1.29. The third-order valence-corrected chi connectivity index (χ3v) is 7.27. The molecule has 1 aromatic rings. The van der Waals surface area contributed by atoms with Crippen LogP contribution in [-0.2, 0) is 14.3 Å². The molecule has 1 aliphatic heterocycles. The summed E-state index contributed by atoms with van der Waals surface area (Å²) >= 11 is 0. The van der Waals surface area contributed by atoms with Gasteiger partial charge in [0, 0.05) is 11.5 Å². The molecular formula is C23H22F3NO4. The number of carbonyl (C=O) groups is 3. The first-order valence-corrected chi connectivity index (χ1v) is 10.6. The number of anilines is 1. The van der Waals surface area contributed by atoms with Crippen LogP contribution in [-0.4, -0.2) is 30.6 Å². The van der Waals surface area contributed by atoms with E-state index in [1.165, 1.54) is 43.5 Å². The molecule has 0 spiro atoms. The minimum atomic E-state index is -4.95. The molecule has 164 valence electrons. The lowest BCUT2D eigenvalue weighted by molar-refractivity contribution is -0.128. The predicted molar refractivity (Wildman–Crippen MR) is 104 cm³/mol. The molecule has 4 fully saturated rings. The molecule has 5 aliphatic rings. The SMILES string of the molecule is O=C(OCC12CC3CC(CC(C3)C1)C2)c1ccccc1N1C(=O)C=C(C(F)(F)F)C1=O. The molecule has 4 saturated carbocycles. The Labute approximate surface area is 177 Å². The maximum absolute atomic E-state index is 13.1. The van der Waals surface area contributed by atoms with E-state index in [1.54, 1.807) is 0 Å². The molecule has 0 N–H and O–H groups in total. The Balaban J connectivity index is 1.35. The Bertz CT molecular complexity index is 961. The van der Waals surface area contributed by atoms with Gasteiger partial charge in [0.15, 0.2) is 0 Å². The standard InChI is InChI=1S/C23H22F3NO4/c24-23(25,26)17-8-19(28)27(20(17)29)18-4-2-1-3-16(18)21(30)31-12-22-9-13-5-14(10-22)7-15(6-13)11-22/h1-4,8,13-15H,5-7,9-12H2. The van der Waals surface area contributed by atoms with Crippen LogP contribution in [0.3, 0.4) is 0 Å². The molecule has 8 heteroatoms. The maximum atomic E-state index is 13.1. The number of hydrogen-bond donors (Lipinski definition) is 0. The molecule has 1 heterocycles. The normalized spacial score (nSPS) is 31.9. The fourth-order valence-corrected chi connectivity index (χ4v) is 6.51. The van der Waals surface area contributed by atoms with Crippen molar-refractivity contribution in [2.24, 2.45) is 23.2 Å². The van der Waals surface area contributed by atoms with Crippen molar-refractivity contribution in [1.29, 1.82) is 0 Å². The third-order valence-electron chi connectivity index (χ3n) is 7.27. The van der Waals surface area contributed by atoms with Gasteiger partial charge in [-0.05, 0) is 68.4 Å². The summed E-state index contributed by atoms with van der Waals surface area (Å²) in [7, 11) is 0. The number of carbonyl (C=O) groups excluding carboxylic acids is 3. The van der Waals surface area contributed by atoms with Crippen molar-refractivity contribution in [2.75, 3.05) is 11.5 Å². The Kier molecular flexibility index (Phi) is 4.53. The first-order valence-electron chi connectivity index (χ1n) is 10.6. The molecule has 0 radical (unpaired) electrons. The summed E-state index contributed by atoms with van der Waals surface area (Å²) in [4.78, 5) is 37.8. The summed E-state index contributed by atoms with van der Waals surface area (Å²) in [5.41, 5.74) is -1.85. The molecule has 4 bridgehead atoms. The van der Waals surface area contributed by atoms with Gasteiger partial charge in [-0.1, -0.05) is 12.1 Å². The number of amides is 2. The number of halogens is 3. The van der Waals surface area contributed by atoms with Gasteiger partial charge in [0.05, 0.1) is 17.9 Å². The molecule has 31 heavy (non-hydrogen) atoms. The topological polar surface area (TPSA) is 63.7 Å². The average molecular weight is 433 g/mol. The fraction of sp³-hybridized carbons (Fsp3) is 0.522. The quantitative estimate of drug-likeness (QED) is 0.521. The first-order chi connectivity index (χ1) is 14.7. The number of rotatable bonds is 4. The van der Waals surface area contributed by atoms with Crippen LogP contribution < -0.4 is 4.90 Å². The number of alkyl halides is 3. The number of para-hydroxylation sites is 1. The van der Waals surface area contributed by atoms with Crippen molar-refractivity contribution in [2.45, 2.75) is 44.7 Å². The molecular weight excluding hydrogens is 411 g/mol. The van der Waals surface area contributed by atoms with Crippen LogP contribution in [0.4, 0.5) is 18.9 Å². The van der Waals surface area contributed by atoms with E-state index in [9.17, 15) is 27.6 Å². The van der Waals surface area contributed by atoms with E-state index < -0.39 is 29.5 Å². The Morgan fingerprint density at radius 1 is 1.03 bits per heavy atom. The minimum Gasteiger partial charge on any atom is -0.461 e. The summed E-state index contributed by atoms with van der Waals surface area (Å²) in [6.07, 6.45) is 2.19. The van der Waals surface area contributed by atoms with Crippen molar-refractivity contribution < 1.29 is 32.3 Å². The van der Waals surface area contributed by atoms with E-state index in [1.807, 2.05) is 0 Å². The summed E-state index contributed by atoms with van der Waals surface area (Å²) in [6.45, 7) is 0.262. The Morgan fingerprint density at radius 2 is 1.61 bits per heavy atom. The highest BCUT2D eigenvalue weighted by Gasteiger charge is 2.52. The van der Waals surface area contributed by atoms with E-state index in [0.29, 0.717) is 22.7 Å². The van der Waals surface area contributed by atoms with Gasteiger partial charge in [0.25, 0.3) is 11.8 Å². The molecule has 0 atom stereocenters. The van der Waals surface area contributed by atoms with Crippen LogP contribution in [0, 0.1) is 23.2 Å². The van der Waals surface area contributed by atoms with Crippen molar-refractivity contribution >= 4 is 23.5 Å². The lowest BCUT2D eigenvalue weighted by Crippen LogP contribution is -2.48. The van der Waals surface area contributed by atoms with Crippen LogP contribution in [0.5, 0.6) is 0 Å². The maximum Gasteiger partial charge on any atom is 0.421 e. The number of esters is 1. The van der Waals surface area contributed by atoms with E-state index in [2.05, 4.69) is 0 Å². The monoisotopic (exact) mass is 433 g/mol. The van der Waals surface area contributed by atoms with E-state index in [0.717, 1.165) is 19.3 Å². The van der Waals surface area contributed by atoms with E-state index in [-0.39, 0.29) is 29.3 Å². The zero-order valence-corrected chi connectivity index (χ0v) is 16.8. The van der Waals surface area contributed by atoms with Crippen LogP contribution in [0.25, 0.3) is 0 Å². The number of nitrogens with zero attached hydrogens (tertiary/aromatic N) is 1. The molecule has 0 unspecified atom stereocenters. The summed E-state index contributed by atoms with van der Waals surface area (Å²) < 4.78 is 44.8. The van der Waals surface area contributed by atoms with Gasteiger partial charge in [-0.15, -0.1) is 0 Å². The number of imide groups is 1. The fourth-order valence-electron chi connectivity index (χ4n) is 6.51. The minimum absolute atomic E-state index is 0.0242. The van der Waals surface area contributed by atoms with Gasteiger partial charge in [0.1, 0.15) is 5.57 Å². The number of ether oxygens (including phenoxy) is 1. The van der Waals surface area contributed by atoms with Gasteiger partial charge < -0.3 is 4.74 Å². The predicted octanol–water partition coefficient (Wildman–Crippen LogP) is 4.42. The van der Waals surface area contributed by atoms with Crippen molar-refractivity contribution in [1.82, 2.24) is 0 Å². The van der Waals surface area contributed by atoms with Crippen LogP contribution in [0.15, 0.2) is 35.9 Å². The lowest BCUT2D eigenvalue weighted by Gasteiger charge is -2.56. The molecule has 6 rings (SSSR count). The second-order valence-electron chi connectivity index (χ2n) is 9.55. The van der Waals surface area contributed by atoms with Crippen LogP contribution in [0.1, 0.15) is 48.9 Å². The largest absolute Gasteiger partial charge is 0.461 e. The second kappa shape index (κ2) is 6.93. The zero-order valence-electron chi connectivity index (χ0n) is 16.8. The summed E-state index contributed by atoms with van der Waals surface area (Å²) in [5, 5.41) is 0. The van der Waals surface area contributed by atoms with Gasteiger partial charge in [-0.3, -0.25) is 9.59 Å². The Hall–Kier alpha value is -2.64. The zero-order chi connectivity index (χ0) is 22.0. The lowest BCUT2D eigenvalue weighted by atomic mass is 9.50. The van der Waals surface area contributed by atoms with Gasteiger partial charge in [-0.25, -0.2) is 9.69 Å². The van der Waals surface area contributed by atoms with Gasteiger partial charge in [0.2, 0.25) is 0 Å². The molecule has 4 aliphatic carbocycles. The smallest absolute Gasteiger partial charge is 0.421 e. The highest BCUT2D eigenvalue weighted by atomic mass is 19.4. The molecule has 0 saturated heterocycles. The highest BCUT2D eigenvalue weighted by molar-refractivity contribution is 6.32. The Morgan fingerprint density at radius 3 is 2.16 bits per heavy atom. The average Bonchev–Trinajstić information content (AvgIpc) is 2.99. The van der Waals surface area contributed by atoms with Gasteiger partial charge >= 0.3 is 12.1 Å². The second-order valence-corrected chi connectivity index (χ2v) is 9.55. The van der Waals surface area contributed by atoms with E-state index in [4.69, 9.17) is 4.74 Å². The highest BCUT2D eigenvalue weighted by Crippen LogP contribution is 2.60. The molecule has 5 nitrogen and oxygen atoms in total. The molecule has 2 amide bonds. The third kappa shape index (κ3) is 3.46. The van der Waals surface area contributed by atoms with Crippen molar-refractivity contribution in [3.63, 3.8) is 0 Å². The number of hydrogen-bond acceptors (Lipinski definition) is 4. The van der Waals surface area contributed by atoms with Crippen LogP contribution >= 0.6 is 0 Å².